The summed E-state index contributed by atoms with van der Waals surface area (Å²) in [6.45, 7) is 4.34. The van der Waals surface area contributed by atoms with Crippen LogP contribution in [0.4, 0.5) is 0 Å². The summed E-state index contributed by atoms with van der Waals surface area (Å²) < 4.78 is 10.9. The van der Waals surface area contributed by atoms with E-state index in [0.717, 1.165) is 24.0 Å². The van der Waals surface area contributed by atoms with Crippen LogP contribution in [0.5, 0.6) is 11.5 Å². The SMILES string of the molecule is CCOc1ccc(CNC(=O)CC2CCN(C(=O)c3ccccc3)CC2)cc1OC. The molecule has 30 heavy (non-hydrogen) atoms. The molecule has 2 aromatic rings. The molecule has 1 fully saturated rings. The van der Waals surface area contributed by atoms with Crippen LogP contribution >= 0.6 is 0 Å². The summed E-state index contributed by atoms with van der Waals surface area (Å²) in [5, 5.41) is 2.99. The fourth-order valence-corrected chi connectivity index (χ4v) is 3.74. The van der Waals surface area contributed by atoms with Crippen molar-refractivity contribution in [3.8, 4) is 11.5 Å². The van der Waals surface area contributed by atoms with Gasteiger partial charge >= 0.3 is 0 Å². The number of piperidine rings is 1. The number of likely N-dealkylation sites (tertiary alicyclic amines) is 1. The molecule has 0 saturated carbocycles. The van der Waals surface area contributed by atoms with Crippen molar-refractivity contribution in [1.29, 1.82) is 0 Å². The Hall–Kier alpha value is -3.02. The second-order valence-corrected chi connectivity index (χ2v) is 7.50. The third-order valence-corrected chi connectivity index (χ3v) is 5.41. The lowest BCUT2D eigenvalue weighted by Crippen LogP contribution is -2.39. The van der Waals surface area contributed by atoms with Gasteiger partial charge in [-0.05, 0) is 55.5 Å². The van der Waals surface area contributed by atoms with Crippen molar-refractivity contribution < 1.29 is 19.1 Å². The predicted molar refractivity (Wildman–Crippen MR) is 116 cm³/mol. The van der Waals surface area contributed by atoms with Crippen molar-refractivity contribution in [2.45, 2.75) is 32.7 Å². The minimum atomic E-state index is 0.0377. The standard InChI is InChI=1S/C24H30N2O4/c1-3-30-21-10-9-19(15-22(21)29-2)17-25-23(27)16-18-11-13-26(14-12-18)24(28)20-7-5-4-6-8-20/h4-10,15,18H,3,11-14,16-17H2,1-2H3,(H,25,27). The van der Waals surface area contributed by atoms with Crippen molar-refractivity contribution >= 4 is 11.8 Å². The first-order valence-corrected chi connectivity index (χ1v) is 10.5. The lowest BCUT2D eigenvalue weighted by atomic mass is 9.93. The van der Waals surface area contributed by atoms with E-state index in [9.17, 15) is 9.59 Å². The molecule has 160 valence electrons. The van der Waals surface area contributed by atoms with Gasteiger partial charge in [0.2, 0.25) is 5.91 Å². The molecule has 2 aromatic carbocycles. The number of benzene rings is 2. The fraction of sp³-hybridized carbons (Fsp3) is 0.417. The van der Waals surface area contributed by atoms with E-state index in [1.807, 2.05) is 60.4 Å². The predicted octanol–water partition coefficient (Wildman–Crippen LogP) is 3.65. The first-order chi connectivity index (χ1) is 14.6. The summed E-state index contributed by atoms with van der Waals surface area (Å²) in [4.78, 5) is 26.8. The highest BCUT2D eigenvalue weighted by atomic mass is 16.5. The van der Waals surface area contributed by atoms with Crippen LogP contribution in [0.2, 0.25) is 0 Å². The molecule has 3 rings (SSSR count). The Morgan fingerprint density at radius 1 is 1.07 bits per heavy atom. The maximum Gasteiger partial charge on any atom is 0.253 e. The number of carbonyl (C=O) groups excluding carboxylic acids is 2. The maximum absolute atomic E-state index is 12.5. The highest BCUT2D eigenvalue weighted by molar-refractivity contribution is 5.94. The van der Waals surface area contributed by atoms with Crippen molar-refractivity contribution in [1.82, 2.24) is 10.2 Å². The summed E-state index contributed by atoms with van der Waals surface area (Å²) in [6.07, 6.45) is 2.19. The van der Waals surface area contributed by atoms with Gasteiger partial charge in [0.1, 0.15) is 0 Å². The average molecular weight is 411 g/mol. The van der Waals surface area contributed by atoms with Gasteiger partial charge in [-0.2, -0.15) is 0 Å². The molecule has 1 aliphatic rings. The molecule has 0 unspecified atom stereocenters. The van der Waals surface area contributed by atoms with E-state index >= 15 is 0 Å². The average Bonchev–Trinajstić information content (AvgIpc) is 2.79. The Morgan fingerprint density at radius 3 is 2.47 bits per heavy atom. The van der Waals surface area contributed by atoms with Gasteiger partial charge in [0, 0.05) is 31.6 Å². The lowest BCUT2D eigenvalue weighted by Gasteiger charge is -2.31. The molecule has 1 N–H and O–H groups in total. The topological polar surface area (TPSA) is 67.9 Å². The normalized spacial score (nSPS) is 14.3. The molecule has 1 heterocycles. The van der Waals surface area contributed by atoms with Gasteiger partial charge in [-0.3, -0.25) is 9.59 Å². The molecule has 6 heteroatoms. The zero-order valence-corrected chi connectivity index (χ0v) is 17.7. The van der Waals surface area contributed by atoms with E-state index < -0.39 is 0 Å². The molecule has 0 radical (unpaired) electrons. The fourth-order valence-electron chi connectivity index (χ4n) is 3.74. The van der Waals surface area contributed by atoms with Crippen LogP contribution in [0.25, 0.3) is 0 Å². The summed E-state index contributed by atoms with van der Waals surface area (Å²) in [7, 11) is 1.61. The van der Waals surface area contributed by atoms with Crippen LogP contribution < -0.4 is 14.8 Å². The monoisotopic (exact) mass is 410 g/mol. The van der Waals surface area contributed by atoms with E-state index in [2.05, 4.69) is 5.32 Å². The van der Waals surface area contributed by atoms with Crippen LogP contribution in [0.3, 0.4) is 0 Å². The number of hydrogen-bond donors (Lipinski definition) is 1. The number of rotatable bonds is 8. The molecule has 0 bridgehead atoms. The second-order valence-electron chi connectivity index (χ2n) is 7.50. The van der Waals surface area contributed by atoms with E-state index in [0.29, 0.717) is 50.1 Å². The highest BCUT2D eigenvalue weighted by Crippen LogP contribution is 2.28. The first-order valence-electron chi connectivity index (χ1n) is 10.5. The Balaban J connectivity index is 1.43. The van der Waals surface area contributed by atoms with E-state index in [1.54, 1.807) is 7.11 Å². The Bertz CT molecular complexity index is 846. The third kappa shape index (κ3) is 5.75. The summed E-state index contributed by atoms with van der Waals surface area (Å²) >= 11 is 0. The molecule has 1 aliphatic heterocycles. The Labute approximate surface area is 178 Å². The number of nitrogens with zero attached hydrogens (tertiary/aromatic N) is 1. The van der Waals surface area contributed by atoms with Gasteiger partial charge in [0.25, 0.3) is 5.91 Å². The summed E-state index contributed by atoms with van der Waals surface area (Å²) in [5.41, 5.74) is 1.69. The van der Waals surface area contributed by atoms with E-state index in [-0.39, 0.29) is 11.8 Å². The smallest absolute Gasteiger partial charge is 0.253 e. The largest absolute Gasteiger partial charge is 0.493 e. The van der Waals surface area contributed by atoms with Gasteiger partial charge in [-0.1, -0.05) is 24.3 Å². The maximum atomic E-state index is 12.5. The van der Waals surface area contributed by atoms with Crippen molar-refractivity contribution in [3.63, 3.8) is 0 Å². The minimum Gasteiger partial charge on any atom is -0.493 e. The number of amides is 2. The highest BCUT2D eigenvalue weighted by Gasteiger charge is 2.25. The number of carbonyl (C=O) groups is 2. The van der Waals surface area contributed by atoms with Crippen LogP contribution in [0.1, 0.15) is 42.1 Å². The van der Waals surface area contributed by atoms with Crippen molar-refractivity contribution in [2.24, 2.45) is 5.92 Å². The molecule has 0 aliphatic carbocycles. The number of methoxy groups -OCH3 is 1. The molecule has 0 spiro atoms. The molecule has 6 nitrogen and oxygen atoms in total. The number of ether oxygens (including phenoxy) is 2. The quantitative estimate of drug-likeness (QED) is 0.721. The van der Waals surface area contributed by atoms with Crippen molar-refractivity contribution in [3.05, 3.63) is 59.7 Å². The molecular weight excluding hydrogens is 380 g/mol. The van der Waals surface area contributed by atoms with Gasteiger partial charge < -0.3 is 19.7 Å². The second kappa shape index (κ2) is 10.7. The zero-order valence-electron chi connectivity index (χ0n) is 17.7. The number of hydrogen-bond acceptors (Lipinski definition) is 4. The van der Waals surface area contributed by atoms with E-state index in [1.165, 1.54) is 0 Å². The van der Waals surface area contributed by atoms with Crippen LogP contribution in [0.15, 0.2) is 48.5 Å². The van der Waals surface area contributed by atoms with Crippen LogP contribution in [0, 0.1) is 5.92 Å². The minimum absolute atomic E-state index is 0.0377. The summed E-state index contributed by atoms with van der Waals surface area (Å²) in [6, 6.07) is 15.0. The summed E-state index contributed by atoms with van der Waals surface area (Å²) in [5.74, 6) is 1.78. The van der Waals surface area contributed by atoms with Crippen molar-refractivity contribution in [2.75, 3.05) is 26.8 Å². The molecule has 0 aromatic heterocycles. The first kappa shape index (κ1) is 21.7. The molecule has 2 amide bonds. The lowest BCUT2D eigenvalue weighted by molar-refractivity contribution is -0.122. The molecule has 1 saturated heterocycles. The molecule has 0 atom stereocenters. The molecular formula is C24H30N2O4. The number of nitrogens with one attached hydrogen (secondary N) is 1. The van der Waals surface area contributed by atoms with Gasteiger partial charge in [0.05, 0.1) is 13.7 Å². The van der Waals surface area contributed by atoms with E-state index in [4.69, 9.17) is 9.47 Å². The van der Waals surface area contributed by atoms with Gasteiger partial charge in [-0.15, -0.1) is 0 Å². The van der Waals surface area contributed by atoms with Gasteiger partial charge in [0.15, 0.2) is 11.5 Å². The zero-order chi connectivity index (χ0) is 21.3. The third-order valence-electron chi connectivity index (χ3n) is 5.41. The Kier molecular flexibility index (Phi) is 7.71. The van der Waals surface area contributed by atoms with Gasteiger partial charge in [-0.25, -0.2) is 0 Å². The van der Waals surface area contributed by atoms with Crippen LogP contribution in [-0.4, -0.2) is 43.5 Å². The van der Waals surface area contributed by atoms with Crippen LogP contribution in [-0.2, 0) is 11.3 Å². The Morgan fingerprint density at radius 2 is 1.80 bits per heavy atom.